The second-order valence-electron chi connectivity index (χ2n) is 4.85. The lowest BCUT2D eigenvalue weighted by molar-refractivity contribution is 0.185. The molecule has 0 saturated carbocycles. The predicted octanol–water partition coefficient (Wildman–Crippen LogP) is 3.35. The standard InChI is InChI=1S/C16H21NOS/c1-14(15-6-3-2-4-7-15)12-17(9-10-18)13-16-8-5-11-19-16/h2-8,11,14,18H,9-10,12-13H2,1H3/t14-/m0/s1. The third kappa shape index (κ3) is 4.46. The fraction of sp³-hybridized carbons (Fsp3) is 0.375. The Labute approximate surface area is 119 Å². The summed E-state index contributed by atoms with van der Waals surface area (Å²) in [5.41, 5.74) is 1.36. The van der Waals surface area contributed by atoms with Gasteiger partial charge in [0, 0.05) is 24.5 Å². The second-order valence-corrected chi connectivity index (χ2v) is 5.88. The van der Waals surface area contributed by atoms with Gasteiger partial charge in [0.15, 0.2) is 0 Å². The molecule has 1 heterocycles. The Kier molecular flexibility index (Phi) is 5.58. The van der Waals surface area contributed by atoms with Crippen LogP contribution in [0.15, 0.2) is 47.8 Å². The van der Waals surface area contributed by atoms with Crippen molar-refractivity contribution in [3.8, 4) is 0 Å². The van der Waals surface area contributed by atoms with Crippen molar-refractivity contribution >= 4 is 11.3 Å². The van der Waals surface area contributed by atoms with E-state index in [0.717, 1.165) is 19.6 Å². The van der Waals surface area contributed by atoms with E-state index in [-0.39, 0.29) is 6.61 Å². The lowest BCUT2D eigenvalue weighted by Gasteiger charge is -2.24. The summed E-state index contributed by atoms with van der Waals surface area (Å²) < 4.78 is 0. The Balaban J connectivity index is 1.96. The Morgan fingerprint density at radius 2 is 1.95 bits per heavy atom. The first-order valence-electron chi connectivity index (χ1n) is 6.70. The fourth-order valence-electron chi connectivity index (χ4n) is 2.27. The van der Waals surface area contributed by atoms with Crippen LogP contribution in [0.1, 0.15) is 23.3 Å². The molecule has 0 aliphatic carbocycles. The van der Waals surface area contributed by atoms with Crippen LogP contribution in [0.2, 0.25) is 0 Å². The van der Waals surface area contributed by atoms with Crippen LogP contribution in [-0.4, -0.2) is 29.7 Å². The van der Waals surface area contributed by atoms with Crippen molar-refractivity contribution in [3.05, 3.63) is 58.3 Å². The summed E-state index contributed by atoms with van der Waals surface area (Å²) in [7, 11) is 0. The summed E-state index contributed by atoms with van der Waals surface area (Å²) in [5.74, 6) is 0.479. The normalized spacial score (nSPS) is 12.8. The van der Waals surface area contributed by atoms with E-state index in [1.807, 2.05) is 6.07 Å². The molecule has 0 aliphatic heterocycles. The molecule has 1 aromatic carbocycles. The lowest BCUT2D eigenvalue weighted by atomic mass is 10.0. The van der Waals surface area contributed by atoms with Crippen LogP contribution >= 0.6 is 11.3 Å². The first-order chi connectivity index (χ1) is 9.29. The number of benzene rings is 1. The molecule has 2 aromatic rings. The predicted molar refractivity (Wildman–Crippen MR) is 81.5 cm³/mol. The van der Waals surface area contributed by atoms with E-state index in [2.05, 4.69) is 53.6 Å². The smallest absolute Gasteiger partial charge is 0.0558 e. The first kappa shape index (κ1) is 14.3. The van der Waals surface area contributed by atoms with Gasteiger partial charge in [0.05, 0.1) is 6.61 Å². The molecule has 0 spiro atoms. The highest BCUT2D eigenvalue weighted by atomic mass is 32.1. The maximum Gasteiger partial charge on any atom is 0.0558 e. The third-order valence-electron chi connectivity index (χ3n) is 3.28. The van der Waals surface area contributed by atoms with Crippen LogP contribution < -0.4 is 0 Å². The minimum Gasteiger partial charge on any atom is -0.395 e. The van der Waals surface area contributed by atoms with Crippen LogP contribution in [0.5, 0.6) is 0 Å². The van der Waals surface area contributed by atoms with Crippen molar-refractivity contribution in [1.82, 2.24) is 4.90 Å². The molecule has 2 nitrogen and oxygen atoms in total. The summed E-state index contributed by atoms with van der Waals surface area (Å²) in [6, 6.07) is 14.8. The van der Waals surface area contributed by atoms with E-state index in [4.69, 9.17) is 0 Å². The highest BCUT2D eigenvalue weighted by Gasteiger charge is 2.12. The van der Waals surface area contributed by atoms with Crippen molar-refractivity contribution in [2.24, 2.45) is 0 Å². The lowest BCUT2D eigenvalue weighted by Crippen LogP contribution is -2.30. The first-order valence-corrected chi connectivity index (χ1v) is 7.58. The topological polar surface area (TPSA) is 23.5 Å². The molecule has 0 unspecified atom stereocenters. The molecule has 1 atom stereocenters. The van der Waals surface area contributed by atoms with Crippen molar-refractivity contribution in [3.63, 3.8) is 0 Å². The van der Waals surface area contributed by atoms with Gasteiger partial charge in [-0.3, -0.25) is 4.90 Å². The highest BCUT2D eigenvalue weighted by Crippen LogP contribution is 2.18. The minimum atomic E-state index is 0.215. The van der Waals surface area contributed by atoms with Gasteiger partial charge in [-0.05, 0) is 22.9 Å². The van der Waals surface area contributed by atoms with Gasteiger partial charge >= 0.3 is 0 Å². The van der Waals surface area contributed by atoms with E-state index < -0.39 is 0 Å². The summed E-state index contributed by atoms with van der Waals surface area (Å²) in [6.07, 6.45) is 0. The quantitative estimate of drug-likeness (QED) is 0.837. The molecule has 0 bridgehead atoms. The number of rotatable bonds is 7. The van der Waals surface area contributed by atoms with Crippen molar-refractivity contribution in [2.75, 3.05) is 19.7 Å². The zero-order valence-corrected chi connectivity index (χ0v) is 12.1. The average molecular weight is 275 g/mol. The van der Waals surface area contributed by atoms with Crippen molar-refractivity contribution in [1.29, 1.82) is 0 Å². The van der Waals surface area contributed by atoms with Gasteiger partial charge in [-0.25, -0.2) is 0 Å². The number of hydrogen-bond acceptors (Lipinski definition) is 3. The third-order valence-corrected chi connectivity index (χ3v) is 4.14. The Morgan fingerprint density at radius 3 is 2.58 bits per heavy atom. The van der Waals surface area contributed by atoms with Gasteiger partial charge in [0.2, 0.25) is 0 Å². The maximum absolute atomic E-state index is 9.21. The van der Waals surface area contributed by atoms with E-state index in [1.54, 1.807) is 11.3 Å². The largest absolute Gasteiger partial charge is 0.395 e. The fourth-order valence-corrected chi connectivity index (χ4v) is 3.02. The summed E-state index contributed by atoms with van der Waals surface area (Å²) in [5, 5.41) is 11.3. The second kappa shape index (κ2) is 7.43. The van der Waals surface area contributed by atoms with E-state index >= 15 is 0 Å². The van der Waals surface area contributed by atoms with Crippen LogP contribution in [0.4, 0.5) is 0 Å². The van der Waals surface area contributed by atoms with Gasteiger partial charge in [-0.15, -0.1) is 11.3 Å². The monoisotopic (exact) mass is 275 g/mol. The van der Waals surface area contributed by atoms with Gasteiger partial charge in [0.25, 0.3) is 0 Å². The number of aliphatic hydroxyl groups excluding tert-OH is 1. The zero-order chi connectivity index (χ0) is 13.5. The van der Waals surface area contributed by atoms with Crippen LogP contribution in [0.25, 0.3) is 0 Å². The van der Waals surface area contributed by atoms with Crippen LogP contribution in [-0.2, 0) is 6.54 Å². The van der Waals surface area contributed by atoms with Gasteiger partial charge in [-0.1, -0.05) is 43.3 Å². The molecule has 102 valence electrons. The number of hydrogen-bond donors (Lipinski definition) is 1. The molecule has 0 amide bonds. The molecule has 19 heavy (non-hydrogen) atoms. The van der Waals surface area contributed by atoms with Gasteiger partial charge in [-0.2, -0.15) is 0 Å². The van der Waals surface area contributed by atoms with E-state index in [1.165, 1.54) is 10.4 Å². The molecule has 2 rings (SSSR count). The highest BCUT2D eigenvalue weighted by molar-refractivity contribution is 7.09. The zero-order valence-electron chi connectivity index (χ0n) is 11.3. The SMILES string of the molecule is C[C@@H](CN(CCO)Cc1cccs1)c1ccccc1. The molecule has 0 radical (unpaired) electrons. The van der Waals surface area contributed by atoms with Gasteiger partial charge < -0.3 is 5.11 Å². The summed E-state index contributed by atoms with van der Waals surface area (Å²) in [4.78, 5) is 3.68. The molecular formula is C16H21NOS. The minimum absolute atomic E-state index is 0.215. The van der Waals surface area contributed by atoms with Crippen molar-refractivity contribution < 1.29 is 5.11 Å². The Bertz CT molecular complexity index is 455. The van der Waals surface area contributed by atoms with E-state index in [0.29, 0.717) is 5.92 Å². The Hall–Kier alpha value is -1.16. The summed E-state index contributed by atoms with van der Waals surface area (Å²) in [6.45, 7) is 5.09. The molecule has 1 aromatic heterocycles. The maximum atomic E-state index is 9.21. The summed E-state index contributed by atoms with van der Waals surface area (Å²) >= 11 is 1.78. The molecular weight excluding hydrogens is 254 g/mol. The number of thiophene rings is 1. The Morgan fingerprint density at radius 1 is 1.16 bits per heavy atom. The molecule has 0 aliphatic rings. The molecule has 0 saturated heterocycles. The molecule has 1 N–H and O–H groups in total. The van der Waals surface area contributed by atoms with Gasteiger partial charge in [0.1, 0.15) is 0 Å². The number of nitrogens with zero attached hydrogens (tertiary/aromatic N) is 1. The van der Waals surface area contributed by atoms with Crippen LogP contribution in [0.3, 0.4) is 0 Å². The van der Waals surface area contributed by atoms with Crippen LogP contribution in [0, 0.1) is 0 Å². The number of aliphatic hydroxyl groups is 1. The van der Waals surface area contributed by atoms with E-state index in [9.17, 15) is 5.11 Å². The molecule has 3 heteroatoms. The average Bonchev–Trinajstić information content (AvgIpc) is 2.93. The molecule has 0 fully saturated rings. The van der Waals surface area contributed by atoms with Crippen molar-refractivity contribution in [2.45, 2.75) is 19.4 Å².